The first-order chi connectivity index (χ1) is 13.9. The number of hydrogen-bond acceptors (Lipinski definition) is 5. The molecule has 0 amide bonds. The SMILES string of the molecule is O=S([O-])NCc1ccccc1CNS(=O)(=O)c1ccc2oc3ccccc3c2c1. The van der Waals surface area contributed by atoms with Crippen molar-refractivity contribution in [1.29, 1.82) is 0 Å². The molecule has 0 aliphatic rings. The van der Waals surface area contributed by atoms with Gasteiger partial charge >= 0.3 is 0 Å². The molecule has 0 saturated carbocycles. The Hall–Kier alpha value is -2.56. The maximum Gasteiger partial charge on any atom is 0.240 e. The van der Waals surface area contributed by atoms with E-state index in [1.165, 1.54) is 6.07 Å². The van der Waals surface area contributed by atoms with Gasteiger partial charge in [-0.25, -0.2) is 17.9 Å². The average Bonchev–Trinajstić information content (AvgIpc) is 3.09. The number of furan rings is 1. The third kappa shape index (κ3) is 4.24. The first kappa shape index (κ1) is 19.7. The van der Waals surface area contributed by atoms with Gasteiger partial charge in [-0.3, -0.25) is 4.21 Å². The van der Waals surface area contributed by atoms with Crippen molar-refractivity contribution in [2.75, 3.05) is 0 Å². The molecule has 1 atom stereocenters. The zero-order valence-electron chi connectivity index (χ0n) is 15.1. The van der Waals surface area contributed by atoms with Crippen LogP contribution in [0.4, 0.5) is 0 Å². The lowest BCUT2D eigenvalue weighted by Crippen LogP contribution is -2.24. The Balaban J connectivity index is 1.60. The maximum atomic E-state index is 12.8. The first-order valence-corrected chi connectivity index (χ1v) is 11.3. The Morgan fingerprint density at radius 1 is 0.862 bits per heavy atom. The zero-order chi connectivity index (χ0) is 20.4. The summed E-state index contributed by atoms with van der Waals surface area (Å²) >= 11 is -2.39. The molecule has 2 N–H and O–H groups in total. The van der Waals surface area contributed by atoms with Gasteiger partial charge in [-0.15, -0.1) is 0 Å². The Morgan fingerprint density at radius 2 is 1.52 bits per heavy atom. The highest BCUT2D eigenvalue weighted by Crippen LogP contribution is 2.30. The Morgan fingerprint density at radius 3 is 2.28 bits per heavy atom. The summed E-state index contributed by atoms with van der Waals surface area (Å²) in [4.78, 5) is 0.132. The minimum absolute atomic E-state index is 0.0376. The van der Waals surface area contributed by atoms with Gasteiger partial charge in [0, 0.05) is 35.1 Å². The molecule has 3 aromatic carbocycles. The predicted molar refractivity (Wildman–Crippen MR) is 110 cm³/mol. The quantitative estimate of drug-likeness (QED) is 0.439. The zero-order valence-corrected chi connectivity index (χ0v) is 16.8. The molecule has 0 fully saturated rings. The first-order valence-electron chi connectivity index (χ1n) is 8.74. The van der Waals surface area contributed by atoms with Crippen LogP contribution in [0.3, 0.4) is 0 Å². The van der Waals surface area contributed by atoms with E-state index in [1.54, 1.807) is 36.4 Å². The number of hydrogen-bond donors (Lipinski definition) is 2. The molecule has 4 aromatic rings. The Kier molecular flexibility index (Phi) is 5.48. The molecular weight excluding hydrogens is 412 g/mol. The molecule has 7 nitrogen and oxygen atoms in total. The highest BCUT2D eigenvalue weighted by Gasteiger charge is 2.17. The van der Waals surface area contributed by atoms with Gasteiger partial charge in [0.25, 0.3) is 0 Å². The normalized spacial score (nSPS) is 13.1. The van der Waals surface area contributed by atoms with Crippen LogP contribution < -0.4 is 9.44 Å². The number of fused-ring (bicyclic) bond motifs is 3. The summed E-state index contributed by atoms with van der Waals surface area (Å²) in [5.74, 6) is 0. The monoisotopic (exact) mass is 429 g/mol. The molecular formula is C20H17N2O5S2-. The van der Waals surface area contributed by atoms with Crippen molar-refractivity contribution < 1.29 is 21.6 Å². The summed E-state index contributed by atoms with van der Waals surface area (Å²) in [6.07, 6.45) is 0. The number of para-hydroxylation sites is 1. The summed E-state index contributed by atoms with van der Waals surface area (Å²) in [7, 11) is -3.78. The van der Waals surface area contributed by atoms with Crippen LogP contribution in [0, 0.1) is 0 Å². The van der Waals surface area contributed by atoms with E-state index in [1.807, 2.05) is 24.3 Å². The van der Waals surface area contributed by atoms with Crippen molar-refractivity contribution in [2.45, 2.75) is 18.0 Å². The fourth-order valence-corrected chi connectivity index (χ4v) is 4.47. The lowest BCUT2D eigenvalue weighted by Gasteiger charge is -2.13. The second-order valence-electron chi connectivity index (χ2n) is 6.41. The van der Waals surface area contributed by atoms with E-state index < -0.39 is 21.3 Å². The van der Waals surface area contributed by atoms with Crippen LogP contribution in [0.15, 0.2) is 76.0 Å². The molecule has 1 aromatic heterocycles. The second-order valence-corrected chi connectivity index (χ2v) is 8.93. The van der Waals surface area contributed by atoms with Crippen molar-refractivity contribution in [3.05, 3.63) is 77.9 Å². The van der Waals surface area contributed by atoms with E-state index in [0.29, 0.717) is 22.3 Å². The van der Waals surface area contributed by atoms with Crippen LogP contribution in [0.2, 0.25) is 0 Å². The van der Waals surface area contributed by atoms with Crippen LogP contribution in [0.1, 0.15) is 11.1 Å². The van der Waals surface area contributed by atoms with Gasteiger partial charge in [-0.1, -0.05) is 42.5 Å². The molecule has 0 spiro atoms. The van der Waals surface area contributed by atoms with Crippen molar-refractivity contribution in [3.8, 4) is 0 Å². The molecule has 9 heteroatoms. The van der Waals surface area contributed by atoms with E-state index in [0.717, 1.165) is 10.8 Å². The molecule has 1 heterocycles. The smallest absolute Gasteiger partial charge is 0.240 e. The van der Waals surface area contributed by atoms with E-state index in [4.69, 9.17) is 4.42 Å². The minimum atomic E-state index is -3.78. The van der Waals surface area contributed by atoms with E-state index in [-0.39, 0.29) is 18.0 Å². The molecule has 150 valence electrons. The molecule has 0 aliphatic carbocycles. The fourth-order valence-electron chi connectivity index (χ4n) is 3.17. The topological polar surface area (TPSA) is 111 Å². The standard InChI is InChI=1S/C20H18N2O5S2/c23-28(24)21-12-14-5-1-2-6-15(14)13-22-29(25,26)16-9-10-20-18(11-16)17-7-3-4-8-19(17)27-20/h1-11,21-22H,12-13H2,(H,23,24)/p-1. The lowest BCUT2D eigenvalue weighted by molar-refractivity contribution is 0.522. The van der Waals surface area contributed by atoms with Crippen LogP contribution in [-0.2, 0) is 34.4 Å². The van der Waals surface area contributed by atoms with Gasteiger partial charge in [0.1, 0.15) is 11.2 Å². The van der Waals surface area contributed by atoms with Gasteiger partial charge in [0.2, 0.25) is 10.0 Å². The summed E-state index contributed by atoms with van der Waals surface area (Å²) in [6.45, 7) is 0.122. The highest BCUT2D eigenvalue weighted by molar-refractivity contribution is 7.89. The maximum absolute atomic E-state index is 12.8. The summed E-state index contributed by atoms with van der Waals surface area (Å²) in [5.41, 5.74) is 2.69. The number of benzene rings is 3. The van der Waals surface area contributed by atoms with Gasteiger partial charge in [0.15, 0.2) is 0 Å². The van der Waals surface area contributed by atoms with Crippen molar-refractivity contribution in [2.24, 2.45) is 0 Å². The van der Waals surface area contributed by atoms with E-state index in [9.17, 15) is 17.2 Å². The van der Waals surface area contributed by atoms with Crippen LogP contribution in [0.5, 0.6) is 0 Å². The van der Waals surface area contributed by atoms with Crippen LogP contribution >= 0.6 is 0 Å². The van der Waals surface area contributed by atoms with Gasteiger partial charge < -0.3 is 8.97 Å². The highest BCUT2D eigenvalue weighted by atomic mass is 32.2. The van der Waals surface area contributed by atoms with Crippen molar-refractivity contribution >= 4 is 43.2 Å². The third-order valence-corrected chi connectivity index (χ3v) is 6.39. The van der Waals surface area contributed by atoms with Gasteiger partial charge in [-0.2, -0.15) is 0 Å². The molecule has 1 unspecified atom stereocenters. The van der Waals surface area contributed by atoms with Crippen molar-refractivity contribution in [1.82, 2.24) is 9.44 Å². The molecule has 0 radical (unpaired) electrons. The minimum Gasteiger partial charge on any atom is -0.760 e. The van der Waals surface area contributed by atoms with Gasteiger partial charge in [0.05, 0.1) is 4.90 Å². The third-order valence-electron chi connectivity index (χ3n) is 4.61. The second kappa shape index (κ2) is 8.05. The molecule has 0 aliphatic heterocycles. The largest absolute Gasteiger partial charge is 0.760 e. The molecule has 0 saturated heterocycles. The summed E-state index contributed by atoms with van der Waals surface area (Å²) in [6, 6.07) is 19.2. The van der Waals surface area contributed by atoms with Crippen LogP contribution in [0.25, 0.3) is 21.9 Å². The van der Waals surface area contributed by atoms with E-state index in [2.05, 4.69) is 9.44 Å². The number of sulfonamides is 1. The Labute approximate surface area is 170 Å². The lowest BCUT2D eigenvalue weighted by atomic mass is 10.1. The summed E-state index contributed by atoms with van der Waals surface area (Å²) < 4.78 is 57.7. The Bertz CT molecular complexity index is 1310. The van der Waals surface area contributed by atoms with Crippen molar-refractivity contribution in [3.63, 3.8) is 0 Å². The number of nitrogens with one attached hydrogen (secondary N) is 2. The van der Waals surface area contributed by atoms with Gasteiger partial charge in [-0.05, 0) is 35.4 Å². The summed E-state index contributed by atoms with van der Waals surface area (Å²) in [5, 5.41) is 1.58. The predicted octanol–water partition coefficient (Wildman–Crippen LogP) is 2.95. The molecule has 0 bridgehead atoms. The number of rotatable bonds is 7. The molecule has 29 heavy (non-hydrogen) atoms. The van der Waals surface area contributed by atoms with Crippen LogP contribution in [-0.4, -0.2) is 17.2 Å². The average molecular weight is 429 g/mol. The van der Waals surface area contributed by atoms with E-state index >= 15 is 0 Å². The fraction of sp³-hybridized carbons (Fsp3) is 0.100. The molecule has 4 rings (SSSR count).